The minimum Gasteiger partial charge on any atom is -0.457 e. The van der Waals surface area contributed by atoms with E-state index in [1.54, 1.807) is 42.5 Å². The quantitative estimate of drug-likeness (QED) is 0.452. The van der Waals surface area contributed by atoms with Crippen molar-refractivity contribution < 1.29 is 23.6 Å². The van der Waals surface area contributed by atoms with Gasteiger partial charge in [0.2, 0.25) is 11.7 Å². The summed E-state index contributed by atoms with van der Waals surface area (Å²) >= 11 is 0. The number of hydrogen-bond acceptors (Lipinski definition) is 6. The lowest BCUT2D eigenvalue weighted by Crippen LogP contribution is -2.30. The van der Waals surface area contributed by atoms with Crippen LogP contribution in [0.25, 0.3) is 23.3 Å². The van der Waals surface area contributed by atoms with E-state index in [4.69, 9.17) is 9.25 Å². The predicted molar refractivity (Wildman–Crippen MR) is 124 cm³/mol. The second-order valence-corrected chi connectivity index (χ2v) is 7.53. The Morgan fingerprint density at radius 3 is 2.15 bits per heavy atom. The summed E-state index contributed by atoms with van der Waals surface area (Å²) in [6, 6.07) is 17.9. The van der Waals surface area contributed by atoms with E-state index in [-0.39, 0.29) is 17.4 Å². The minimum atomic E-state index is -0.402. The number of carbonyl (C=O) groups is 3. The van der Waals surface area contributed by atoms with Gasteiger partial charge in [-0.2, -0.15) is 0 Å². The molecule has 0 spiro atoms. The van der Waals surface area contributed by atoms with Gasteiger partial charge in [0.15, 0.2) is 5.71 Å². The lowest BCUT2D eigenvalue weighted by molar-refractivity contribution is -0.122. The summed E-state index contributed by atoms with van der Waals surface area (Å²) in [5.41, 5.74) is 3.70. The number of ketones is 1. The van der Waals surface area contributed by atoms with Crippen molar-refractivity contribution in [3.8, 4) is 0 Å². The zero-order valence-electron chi connectivity index (χ0n) is 17.9. The number of nitrogens with zero attached hydrogens (tertiary/aromatic N) is 2. The number of benzene rings is 2. The van der Waals surface area contributed by atoms with Gasteiger partial charge in [0.05, 0.1) is 11.3 Å². The maximum atomic E-state index is 12.9. The molecule has 7 heteroatoms. The van der Waals surface area contributed by atoms with Gasteiger partial charge in [0, 0.05) is 23.6 Å². The van der Waals surface area contributed by atoms with Gasteiger partial charge >= 0.3 is 0 Å². The molecule has 1 aromatic heterocycles. The van der Waals surface area contributed by atoms with E-state index >= 15 is 0 Å². The first-order valence-corrected chi connectivity index (χ1v) is 10.2. The number of carbonyl (C=O) groups excluding carboxylic acids is 3. The van der Waals surface area contributed by atoms with E-state index in [2.05, 4.69) is 5.16 Å². The van der Waals surface area contributed by atoms with Crippen LogP contribution in [0.5, 0.6) is 0 Å². The molecule has 2 heterocycles. The number of allylic oxidation sites excluding steroid dienone is 1. The van der Waals surface area contributed by atoms with Crippen molar-refractivity contribution in [1.82, 2.24) is 0 Å². The highest BCUT2D eigenvalue weighted by molar-refractivity contribution is 6.65. The van der Waals surface area contributed by atoms with Crippen molar-refractivity contribution in [3.63, 3.8) is 0 Å². The summed E-state index contributed by atoms with van der Waals surface area (Å²) in [5.74, 6) is -0.143. The second kappa shape index (κ2) is 7.87. The minimum absolute atomic E-state index is 0.241. The number of rotatable bonds is 3. The molecule has 0 fully saturated rings. The Kier molecular flexibility index (Phi) is 4.86. The first kappa shape index (κ1) is 20.4. The molecule has 0 N–H and O–H groups in total. The zero-order chi connectivity index (χ0) is 23.1. The highest BCUT2D eigenvalue weighted by Crippen LogP contribution is 2.38. The molecule has 2 aromatic carbocycles. The van der Waals surface area contributed by atoms with Crippen molar-refractivity contribution in [2.24, 2.45) is 5.16 Å². The van der Waals surface area contributed by atoms with E-state index in [0.29, 0.717) is 39.5 Å². The normalized spacial score (nSPS) is 18.4. The molecule has 0 saturated heterocycles. The number of hydrogen-bond donors (Lipinski definition) is 0. The Hall–Kier alpha value is -4.52. The molecule has 0 bridgehead atoms. The first-order valence-electron chi connectivity index (χ1n) is 10.2. The molecule has 0 unspecified atom stereocenters. The fourth-order valence-corrected chi connectivity index (χ4v) is 4.12. The molecule has 0 saturated carbocycles. The third-order valence-corrected chi connectivity index (χ3v) is 5.52. The summed E-state index contributed by atoms with van der Waals surface area (Å²) < 4.78 is 5.89. The van der Waals surface area contributed by atoms with E-state index in [1.807, 2.05) is 30.3 Å². The Morgan fingerprint density at radius 1 is 0.879 bits per heavy atom. The van der Waals surface area contributed by atoms with Gasteiger partial charge in [-0.15, -0.1) is 0 Å². The number of Topliss-reactive ketones (excluding diaryl/α,β-unsaturated/α-hetero) is 1. The van der Waals surface area contributed by atoms with E-state index < -0.39 is 5.91 Å². The van der Waals surface area contributed by atoms with Crippen LogP contribution in [0.4, 0.5) is 5.69 Å². The largest absolute Gasteiger partial charge is 0.457 e. The lowest BCUT2D eigenvalue weighted by atomic mass is 10.1. The van der Waals surface area contributed by atoms with Crippen molar-refractivity contribution in [3.05, 3.63) is 88.9 Å². The summed E-state index contributed by atoms with van der Waals surface area (Å²) in [6.07, 6.45) is 3.25. The number of oxime groups is 1. The molecule has 0 radical (unpaired) electrons. The number of furan rings is 1. The smallest absolute Gasteiger partial charge is 0.265 e. The Morgan fingerprint density at radius 2 is 1.48 bits per heavy atom. The summed E-state index contributed by atoms with van der Waals surface area (Å²) in [4.78, 5) is 43.8. The molecular formula is C26H18N2O5. The Labute approximate surface area is 189 Å². The fourth-order valence-electron chi connectivity index (χ4n) is 4.12. The van der Waals surface area contributed by atoms with Crippen LogP contribution < -0.4 is 4.90 Å². The van der Waals surface area contributed by atoms with E-state index in [9.17, 15) is 14.4 Å². The van der Waals surface area contributed by atoms with Gasteiger partial charge < -0.3 is 9.25 Å². The van der Waals surface area contributed by atoms with Crippen LogP contribution in [-0.4, -0.2) is 30.4 Å². The number of fused-ring (bicyclic) bond motifs is 2. The maximum absolute atomic E-state index is 12.9. The molecule has 2 aliphatic rings. The number of anilines is 1. The van der Waals surface area contributed by atoms with Gasteiger partial charge in [-0.25, -0.2) is 4.90 Å². The van der Waals surface area contributed by atoms with Gasteiger partial charge in [0.25, 0.3) is 5.91 Å². The summed E-state index contributed by atoms with van der Waals surface area (Å²) in [7, 11) is 1.40. The van der Waals surface area contributed by atoms with Gasteiger partial charge in [0.1, 0.15) is 18.6 Å². The predicted octanol–water partition coefficient (Wildman–Crippen LogP) is 4.19. The van der Waals surface area contributed by atoms with Crippen LogP contribution >= 0.6 is 0 Å². The van der Waals surface area contributed by atoms with Crippen LogP contribution in [0.3, 0.4) is 0 Å². The van der Waals surface area contributed by atoms with Gasteiger partial charge in [-0.1, -0.05) is 47.6 Å². The van der Waals surface area contributed by atoms with Crippen LogP contribution in [0.1, 0.15) is 35.1 Å². The van der Waals surface area contributed by atoms with Gasteiger partial charge in [-0.05, 0) is 35.9 Å². The van der Waals surface area contributed by atoms with Crippen molar-refractivity contribution in [2.75, 3.05) is 12.0 Å². The Bertz CT molecular complexity index is 1420. The monoisotopic (exact) mass is 438 g/mol. The SMILES string of the molecule is CON=C1C(=O)C(=Cc2ccc(C=C3C(=O)N(C(C)=O)c4ccccc43)o2)c2ccccc21. The molecular weight excluding hydrogens is 420 g/mol. The third-order valence-electron chi connectivity index (χ3n) is 5.52. The molecule has 0 atom stereocenters. The fraction of sp³-hybridized carbons (Fsp3) is 0.0769. The molecule has 33 heavy (non-hydrogen) atoms. The van der Waals surface area contributed by atoms with E-state index in [0.717, 1.165) is 10.5 Å². The van der Waals surface area contributed by atoms with Crippen LogP contribution in [0, 0.1) is 0 Å². The first-order chi connectivity index (χ1) is 16.0. The summed E-state index contributed by atoms with van der Waals surface area (Å²) in [5, 5.41) is 3.88. The molecule has 2 amide bonds. The number of amides is 2. The van der Waals surface area contributed by atoms with Crippen molar-refractivity contribution in [2.45, 2.75) is 6.92 Å². The third kappa shape index (κ3) is 3.30. The van der Waals surface area contributed by atoms with Crippen LogP contribution in [0.15, 0.2) is 70.2 Å². The number of imide groups is 1. The van der Waals surface area contributed by atoms with Crippen LogP contribution in [-0.2, 0) is 19.2 Å². The molecule has 1 aliphatic heterocycles. The maximum Gasteiger partial charge on any atom is 0.265 e. The highest BCUT2D eigenvalue weighted by Gasteiger charge is 2.35. The number of para-hydroxylation sites is 1. The standard InChI is InChI=1S/C26H18N2O5/c1-15(29)28-23-10-6-5-8-19(23)22(26(28)31)14-17-12-11-16(33-17)13-21-18-7-3-4-9-20(18)24(25(21)30)27-32-2/h3-14H,1-2H3. The molecule has 7 nitrogen and oxygen atoms in total. The van der Waals surface area contributed by atoms with Crippen molar-refractivity contribution >= 4 is 52.3 Å². The highest BCUT2D eigenvalue weighted by atomic mass is 16.6. The van der Waals surface area contributed by atoms with Crippen molar-refractivity contribution in [1.29, 1.82) is 0 Å². The molecule has 3 aromatic rings. The average molecular weight is 438 g/mol. The zero-order valence-corrected chi connectivity index (χ0v) is 17.9. The topological polar surface area (TPSA) is 89.2 Å². The lowest BCUT2D eigenvalue weighted by Gasteiger charge is -2.11. The molecule has 162 valence electrons. The summed E-state index contributed by atoms with van der Waals surface area (Å²) in [6.45, 7) is 1.35. The van der Waals surface area contributed by atoms with E-state index in [1.165, 1.54) is 14.0 Å². The average Bonchev–Trinajstić information content (AvgIpc) is 3.45. The Balaban J connectivity index is 1.53. The van der Waals surface area contributed by atoms with Gasteiger partial charge in [-0.3, -0.25) is 14.4 Å². The molecule has 5 rings (SSSR count). The second-order valence-electron chi connectivity index (χ2n) is 7.53. The van der Waals surface area contributed by atoms with Crippen LogP contribution in [0.2, 0.25) is 0 Å². The molecule has 1 aliphatic carbocycles.